The summed E-state index contributed by atoms with van der Waals surface area (Å²) in [7, 11) is 0. The van der Waals surface area contributed by atoms with E-state index >= 15 is 0 Å². The number of carbonyl (C=O) groups is 3. The second kappa shape index (κ2) is 7.85. The van der Waals surface area contributed by atoms with Crippen LogP contribution in [0.4, 0.5) is 4.79 Å². The smallest absolute Gasteiger partial charge is 0.325 e. The Morgan fingerprint density at radius 3 is 2.52 bits per heavy atom. The van der Waals surface area contributed by atoms with E-state index in [1.807, 2.05) is 13.8 Å². The van der Waals surface area contributed by atoms with Crippen molar-refractivity contribution in [3.8, 4) is 0 Å². The van der Waals surface area contributed by atoms with E-state index in [1.54, 1.807) is 4.90 Å². The Balaban J connectivity index is 2.49. The van der Waals surface area contributed by atoms with Crippen molar-refractivity contribution in [2.24, 2.45) is 11.8 Å². The molecule has 1 rings (SSSR count). The third-order valence-electron chi connectivity index (χ3n) is 3.47. The summed E-state index contributed by atoms with van der Waals surface area (Å²) < 4.78 is 0. The number of aliphatic carboxylic acids is 1. The van der Waals surface area contributed by atoms with Crippen molar-refractivity contribution in [3.05, 3.63) is 0 Å². The topological polar surface area (TPSA) is 98.7 Å². The van der Waals surface area contributed by atoms with Gasteiger partial charge in [0.25, 0.3) is 0 Å². The van der Waals surface area contributed by atoms with Gasteiger partial charge in [0.05, 0.1) is 5.92 Å². The van der Waals surface area contributed by atoms with Crippen molar-refractivity contribution in [1.29, 1.82) is 0 Å². The fraction of sp³-hybridized carbons (Fsp3) is 0.786. The van der Waals surface area contributed by atoms with Crippen LogP contribution in [0.3, 0.4) is 0 Å². The molecule has 2 atom stereocenters. The molecular weight excluding hydrogens is 274 g/mol. The van der Waals surface area contributed by atoms with E-state index in [0.29, 0.717) is 32.0 Å². The van der Waals surface area contributed by atoms with Crippen LogP contribution in [-0.2, 0) is 9.59 Å². The van der Waals surface area contributed by atoms with Gasteiger partial charge in [-0.15, -0.1) is 0 Å². The zero-order valence-corrected chi connectivity index (χ0v) is 12.9. The largest absolute Gasteiger partial charge is 0.480 e. The minimum Gasteiger partial charge on any atom is -0.480 e. The lowest BCUT2D eigenvalue weighted by atomic mass is 9.97. The van der Waals surface area contributed by atoms with Crippen molar-refractivity contribution in [2.75, 3.05) is 19.6 Å². The Kier molecular flexibility index (Phi) is 6.45. The van der Waals surface area contributed by atoms with Gasteiger partial charge >= 0.3 is 12.0 Å². The second-order valence-corrected chi connectivity index (χ2v) is 5.93. The number of carbonyl (C=O) groups excluding carboxylic acids is 2. The summed E-state index contributed by atoms with van der Waals surface area (Å²) in [6, 6.07) is -1.07. The first-order valence-electron chi connectivity index (χ1n) is 7.37. The Morgan fingerprint density at radius 1 is 1.29 bits per heavy atom. The van der Waals surface area contributed by atoms with Crippen LogP contribution in [0.5, 0.6) is 0 Å². The SMILES string of the molecule is CC(C)CNC(=O)N1CCCC(C(=O)NC(C)C(=O)O)C1. The van der Waals surface area contributed by atoms with Gasteiger partial charge in [0.15, 0.2) is 0 Å². The first-order chi connectivity index (χ1) is 9.81. The summed E-state index contributed by atoms with van der Waals surface area (Å²) in [6.45, 7) is 7.02. The lowest BCUT2D eigenvalue weighted by molar-refractivity contribution is -0.142. The Bertz CT molecular complexity index is 398. The van der Waals surface area contributed by atoms with Gasteiger partial charge in [-0.2, -0.15) is 0 Å². The quantitative estimate of drug-likeness (QED) is 0.694. The van der Waals surface area contributed by atoms with E-state index in [0.717, 1.165) is 6.42 Å². The maximum atomic E-state index is 12.0. The summed E-state index contributed by atoms with van der Waals surface area (Å²) >= 11 is 0. The molecule has 1 saturated heterocycles. The number of hydrogen-bond donors (Lipinski definition) is 3. The highest BCUT2D eigenvalue weighted by Crippen LogP contribution is 2.17. The number of piperidine rings is 1. The highest BCUT2D eigenvalue weighted by Gasteiger charge is 2.29. The van der Waals surface area contributed by atoms with Gasteiger partial charge in [-0.25, -0.2) is 4.79 Å². The monoisotopic (exact) mass is 299 g/mol. The second-order valence-electron chi connectivity index (χ2n) is 5.93. The first kappa shape index (κ1) is 17.3. The van der Waals surface area contributed by atoms with E-state index in [4.69, 9.17) is 5.11 Å². The van der Waals surface area contributed by atoms with E-state index in [9.17, 15) is 14.4 Å². The molecule has 3 amide bonds. The standard InChI is InChI=1S/C14H25N3O4/c1-9(2)7-15-14(21)17-6-4-5-11(8-17)12(18)16-10(3)13(19)20/h9-11H,4-8H2,1-3H3,(H,15,21)(H,16,18)(H,19,20). The number of likely N-dealkylation sites (tertiary alicyclic amines) is 1. The number of carboxylic acid groups (broad SMARTS) is 1. The normalized spacial score (nSPS) is 20.0. The summed E-state index contributed by atoms with van der Waals surface area (Å²) in [6.07, 6.45) is 1.42. The van der Waals surface area contributed by atoms with Gasteiger partial charge in [-0.05, 0) is 25.7 Å². The zero-order chi connectivity index (χ0) is 16.0. The van der Waals surface area contributed by atoms with Crippen LogP contribution in [-0.4, -0.2) is 53.6 Å². The third kappa shape index (κ3) is 5.61. The molecule has 3 N–H and O–H groups in total. The number of hydrogen-bond acceptors (Lipinski definition) is 3. The Hall–Kier alpha value is -1.79. The van der Waals surface area contributed by atoms with Gasteiger partial charge in [-0.3, -0.25) is 9.59 Å². The van der Waals surface area contributed by atoms with Crippen molar-refractivity contribution in [1.82, 2.24) is 15.5 Å². The zero-order valence-electron chi connectivity index (χ0n) is 12.9. The number of rotatable bonds is 5. The van der Waals surface area contributed by atoms with E-state index in [1.165, 1.54) is 6.92 Å². The van der Waals surface area contributed by atoms with E-state index in [-0.39, 0.29) is 17.9 Å². The summed E-state index contributed by atoms with van der Waals surface area (Å²) in [5.41, 5.74) is 0. The predicted octanol–water partition coefficient (Wildman–Crippen LogP) is 0.653. The first-order valence-corrected chi connectivity index (χ1v) is 7.37. The number of nitrogens with one attached hydrogen (secondary N) is 2. The number of nitrogens with zero attached hydrogens (tertiary/aromatic N) is 1. The molecule has 0 radical (unpaired) electrons. The average molecular weight is 299 g/mol. The predicted molar refractivity (Wildman–Crippen MR) is 77.8 cm³/mol. The van der Waals surface area contributed by atoms with Crippen LogP contribution in [0.2, 0.25) is 0 Å². The number of amides is 3. The van der Waals surface area contributed by atoms with Gasteiger partial charge in [0, 0.05) is 19.6 Å². The van der Waals surface area contributed by atoms with Crippen molar-refractivity contribution >= 4 is 17.9 Å². The molecule has 0 aliphatic carbocycles. The van der Waals surface area contributed by atoms with Crippen molar-refractivity contribution in [3.63, 3.8) is 0 Å². The molecule has 0 saturated carbocycles. The molecule has 120 valence electrons. The van der Waals surface area contributed by atoms with Crippen LogP contribution in [0.1, 0.15) is 33.6 Å². The molecule has 7 heteroatoms. The minimum atomic E-state index is -1.06. The molecule has 0 aromatic heterocycles. The molecule has 2 unspecified atom stereocenters. The van der Waals surface area contributed by atoms with Gasteiger partial charge < -0.3 is 20.6 Å². The Morgan fingerprint density at radius 2 is 1.95 bits per heavy atom. The molecule has 0 bridgehead atoms. The molecule has 0 aromatic carbocycles. The van der Waals surface area contributed by atoms with Gasteiger partial charge in [0.1, 0.15) is 6.04 Å². The molecule has 21 heavy (non-hydrogen) atoms. The molecular formula is C14H25N3O4. The lowest BCUT2D eigenvalue weighted by Crippen LogP contribution is -2.51. The third-order valence-corrected chi connectivity index (χ3v) is 3.47. The van der Waals surface area contributed by atoms with Gasteiger partial charge in [0.2, 0.25) is 5.91 Å². The Labute approximate surface area is 125 Å². The van der Waals surface area contributed by atoms with E-state index in [2.05, 4.69) is 10.6 Å². The van der Waals surface area contributed by atoms with Crippen LogP contribution < -0.4 is 10.6 Å². The van der Waals surface area contributed by atoms with E-state index < -0.39 is 12.0 Å². The fourth-order valence-electron chi connectivity index (χ4n) is 2.17. The van der Waals surface area contributed by atoms with Crippen LogP contribution >= 0.6 is 0 Å². The van der Waals surface area contributed by atoms with Crippen molar-refractivity contribution < 1.29 is 19.5 Å². The molecule has 1 aliphatic rings. The molecule has 0 aromatic rings. The van der Waals surface area contributed by atoms with Crippen molar-refractivity contribution in [2.45, 2.75) is 39.7 Å². The fourth-order valence-corrected chi connectivity index (χ4v) is 2.17. The lowest BCUT2D eigenvalue weighted by Gasteiger charge is -2.32. The van der Waals surface area contributed by atoms with Gasteiger partial charge in [-0.1, -0.05) is 13.8 Å². The maximum Gasteiger partial charge on any atom is 0.325 e. The highest BCUT2D eigenvalue weighted by molar-refractivity contribution is 5.85. The maximum absolute atomic E-state index is 12.0. The summed E-state index contributed by atoms with van der Waals surface area (Å²) in [5.74, 6) is -1.34. The van der Waals surface area contributed by atoms with Crippen LogP contribution in [0, 0.1) is 11.8 Å². The number of carboxylic acids is 1. The van der Waals surface area contributed by atoms with Crippen LogP contribution in [0.15, 0.2) is 0 Å². The molecule has 1 aliphatic heterocycles. The van der Waals surface area contributed by atoms with Crippen LogP contribution in [0.25, 0.3) is 0 Å². The minimum absolute atomic E-state index is 0.160. The average Bonchev–Trinajstić information content (AvgIpc) is 2.44. The molecule has 1 heterocycles. The molecule has 0 spiro atoms. The number of urea groups is 1. The summed E-state index contributed by atoms with van der Waals surface area (Å²) in [5, 5.41) is 14.1. The molecule has 7 nitrogen and oxygen atoms in total. The highest BCUT2D eigenvalue weighted by atomic mass is 16.4. The summed E-state index contributed by atoms with van der Waals surface area (Å²) in [4.78, 5) is 36.4. The molecule has 1 fully saturated rings.